The van der Waals surface area contributed by atoms with Crippen molar-refractivity contribution in [3.8, 4) is 0 Å². The Hall–Kier alpha value is -2.52. The number of amides is 4. The molecule has 0 aliphatic heterocycles. The summed E-state index contributed by atoms with van der Waals surface area (Å²) in [6.45, 7) is 0.643. The smallest absolute Gasteiger partial charge is 0.338 e. The van der Waals surface area contributed by atoms with Gasteiger partial charge in [0.1, 0.15) is 0 Å². The summed E-state index contributed by atoms with van der Waals surface area (Å²) in [4.78, 5) is 22.1. The van der Waals surface area contributed by atoms with Crippen LogP contribution in [-0.4, -0.2) is 63.4 Å². The van der Waals surface area contributed by atoms with E-state index in [1.807, 2.05) is 0 Å². The second-order valence-electron chi connectivity index (χ2n) is 3.46. The van der Waals surface area contributed by atoms with Gasteiger partial charge in [0.05, 0.1) is 13.1 Å². The Kier molecular flexibility index (Phi) is 9.10. The highest BCUT2D eigenvalue weighted by atomic mass is 16.2. The van der Waals surface area contributed by atoms with Gasteiger partial charge in [-0.2, -0.15) is 10.2 Å². The fourth-order valence-corrected chi connectivity index (χ4v) is 0.911. The number of urea groups is 2. The minimum Gasteiger partial charge on any atom is -0.340 e. The second kappa shape index (κ2) is 10.4. The van der Waals surface area contributed by atoms with E-state index in [4.69, 9.17) is 0 Å². The number of hydrogen-bond donors (Lipinski definition) is 2. The third-order valence-corrected chi connectivity index (χ3v) is 1.95. The highest BCUT2D eigenvalue weighted by molar-refractivity contribution is 5.73. The Morgan fingerprint density at radius 2 is 1.25 bits per heavy atom. The third-order valence-electron chi connectivity index (χ3n) is 1.95. The first kappa shape index (κ1) is 17.5. The lowest BCUT2D eigenvalue weighted by molar-refractivity contribution is 0.209. The van der Waals surface area contributed by atoms with Crippen LogP contribution in [0.25, 0.3) is 0 Å². The summed E-state index contributed by atoms with van der Waals surface area (Å²) in [5.74, 6) is 0. The van der Waals surface area contributed by atoms with Gasteiger partial charge in [0, 0.05) is 28.2 Å². The zero-order valence-corrected chi connectivity index (χ0v) is 12.1. The number of nitrogens with one attached hydrogen (secondary N) is 2. The number of hydrogen-bond acceptors (Lipinski definition) is 6. The van der Waals surface area contributed by atoms with Crippen molar-refractivity contribution in [2.24, 2.45) is 20.7 Å². The van der Waals surface area contributed by atoms with Crippen LogP contribution in [0.5, 0.6) is 0 Å². The molecule has 0 aromatic heterocycles. The minimum atomic E-state index is -0.344. The average molecular weight is 284 g/mol. The molecule has 10 nitrogen and oxygen atoms in total. The van der Waals surface area contributed by atoms with Crippen LogP contribution in [0, 0.1) is 0 Å². The van der Waals surface area contributed by atoms with E-state index in [1.54, 1.807) is 12.2 Å². The van der Waals surface area contributed by atoms with Gasteiger partial charge in [-0.1, -0.05) is 22.6 Å². The van der Waals surface area contributed by atoms with Gasteiger partial charge in [0.15, 0.2) is 0 Å². The molecule has 0 radical (unpaired) electrons. The van der Waals surface area contributed by atoms with Crippen LogP contribution < -0.4 is 10.6 Å². The lowest BCUT2D eigenvalue weighted by Crippen LogP contribution is -2.30. The molecule has 10 heteroatoms. The standard InChI is InChI=1S/C10H20N8O2/c1-11-9(19)17(3)15-13-7-5-6-8-14-16-18(4)10(20)12-2/h5-6H,7-8H2,1-4H3,(H,11,19)(H,12,20)/b6-5-,15-13?,16-14?. The van der Waals surface area contributed by atoms with Crippen LogP contribution in [0.2, 0.25) is 0 Å². The van der Waals surface area contributed by atoms with Crippen molar-refractivity contribution in [1.82, 2.24) is 20.7 Å². The SMILES string of the molecule is CNC(=O)N(C)N=NC/C=C\CN=NN(C)C(=O)NC. The van der Waals surface area contributed by atoms with E-state index in [-0.39, 0.29) is 12.1 Å². The van der Waals surface area contributed by atoms with Gasteiger partial charge >= 0.3 is 12.1 Å². The van der Waals surface area contributed by atoms with Crippen LogP contribution in [0.1, 0.15) is 0 Å². The van der Waals surface area contributed by atoms with Gasteiger partial charge in [-0.15, -0.1) is 0 Å². The maximum Gasteiger partial charge on any atom is 0.338 e. The van der Waals surface area contributed by atoms with E-state index in [9.17, 15) is 9.59 Å². The molecule has 0 aromatic rings. The molecular formula is C10H20N8O2. The van der Waals surface area contributed by atoms with Gasteiger partial charge in [0.25, 0.3) is 0 Å². The number of nitrogens with zero attached hydrogens (tertiary/aromatic N) is 6. The quantitative estimate of drug-likeness (QED) is 0.427. The van der Waals surface area contributed by atoms with Crippen LogP contribution in [0.15, 0.2) is 32.8 Å². The first-order valence-corrected chi connectivity index (χ1v) is 5.83. The van der Waals surface area contributed by atoms with E-state index >= 15 is 0 Å². The summed E-state index contributed by atoms with van der Waals surface area (Å²) in [7, 11) is 6.01. The fourth-order valence-electron chi connectivity index (χ4n) is 0.911. The molecule has 2 N–H and O–H groups in total. The number of carbonyl (C=O) groups excluding carboxylic acids is 2. The van der Waals surface area contributed by atoms with Gasteiger partial charge in [-0.05, 0) is 0 Å². The Morgan fingerprint density at radius 1 is 0.900 bits per heavy atom. The summed E-state index contributed by atoms with van der Waals surface area (Å²) in [5, 5.41) is 21.8. The van der Waals surface area contributed by atoms with Crippen molar-refractivity contribution in [2.75, 3.05) is 41.3 Å². The van der Waals surface area contributed by atoms with Crippen LogP contribution >= 0.6 is 0 Å². The summed E-state index contributed by atoms with van der Waals surface area (Å²) in [6, 6.07) is -0.687. The predicted molar refractivity (Wildman–Crippen MR) is 73.0 cm³/mol. The topological polar surface area (TPSA) is 114 Å². The number of rotatable bonds is 6. The lowest BCUT2D eigenvalue weighted by Gasteiger charge is -2.06. The molecule has 0 unspecified atom stereocenters. The highest BCUT2D eigenvalue weighted by Crippen LogP contribution is 1.89. The first-order valence-electron chi connectivity index (χ1n) is 5.83. The zero-order chi connectivity index (χ0) is 15.4. The van der Waals surface area contributed by atoms with Crippen molar-refractivity contribution in [1.29, 1.82) is 0 Å². The third kappa shape index (κ3) is 7.74. The van der Waals surface area contributed by atoms with Gasteiger partial charge in [-0.3, -0.25) is 0 Å². The summed E-state index contributed by atoms with van der Waals surface area (Å²) in [6.07, 6.45) is 3.44. The largest absolute Gasteiger partial charge is 0.340 e. The van der Waals surface area contributed by atoms with E-state index in [1.165, 1.54) is 28.2 Å². The second-order valence-corrected chi connectivity index (χ2v) is 3.46. The average Bonchev–Trinajstić information content (AvgIpc) is 2.47. The van der Waals surface area contributed by atoms with Crippen molar-refractivity contribution in [3.05, 3.63) is 12.2 Å². The fraction of sp³-hybridized carbons (Fsp3) is 0.600. The lowest BCUT2D eigenvalue weighted by atomic mass is 10.5. The van der Waals surface area contributed by atoms with Gasteiger partial charge in [0.2, 0.25) is 0 Å². The summed E-state index contributed by atoms with van der Waals surface area (Å²) < 4.78 is 0. The molecule has 0 rings (SSSR count). The Bertz CT molecular complexity index is 357. The van der Waals surface area contributed by atoms with Crippen LogP contribution in [0.4, 0.5) is 9.59 Å². The molecule has 0 heterocycles. The van der Waals surface area contributed by atoms with Crippen LogP contribution in [0.3, 0.4) is 0 Å². The molecule has 20 heavy (non-hydrogen) atoms. The van der Waals surface area contributed by atoms with Crippen molar-refractivity contribution in [2.45, 2.75) is 0 Å². The molecular weight excluding hydrogens is 264 g/mol. The maximum atomic E-state index is 11.0. The number of carbonyl (C=O) groups is 2. The zero-order valence-electron chi connectivity index (χ0n) is 12.1. The maximum absolute atomic E-state index is 11.0. The molecule has 0 aliphatic carbocycles. The van der Waals surface area contributed by atoms with Crippen molar-refractivity contribution < 1.29 is 9.59 Å². The van der Waals surface area contributed by atoms with E-state index < -0.39 is 0 Å². The molecule has 0 aliphatic rings. The van der Waals surface area contributed by atoms with Crippen LogP contribution in [-0.2, 0) is 0 Å². The van der Waals surface area contributed by atoms with Gasteiger partial charge < -0.3 is 10.6 Å². The molecule has 0 atom stereocenters. The molecule has 112 valence electrons. The Labute approximate surface area is 117 Å². The van der Waals surface area contributed by atoms with E-state index in [0.29, 0.717) is 13.1 Å². The summed E-state index contributed by atoms with van der Waals surface area (Å²) >= 11 is 0. The van der Waals surface area contributed by atoms with Gasteiger partial charge in [-0.25, -0.2) is 19.6 Å². The van der Waals surface area contributed by atoms with E-state index in [0.717, 1.165) is 10.0 Å². The first-order chi connectivity index (χ1) is 9.52. The molecule has 0 saturated carbocycles. The summed E-state index contributed by atoms with van der Waals surface area (Å²) in [5.41, 5.74) is 0. The highest BCUT2D eigenvalue weighted by Gasteiger charge is 2.02. The normalized spacial score (nSPS) is 11.2. The Balaban J connectivity index is 3.88. The molecule has 0 spiro atoms. The molecule has 0 fully saturated rings. The van der Waals surface area contributed by atoms with Crippen molar-refractivity contribution >= 4 is 12.1 Å². The molecule has 0 aromatic carbocycles. The van der Waals surface area contributed by atoms with Crippen molar-refractivity contribution in [3.63, 3.8) is 0 Å². The minimum absolute atomic E-state index is 0.322. The Morgan fingerprint density at radius 3 is 1.55 bits per heavy atom. The van der Waals surface area contributed by atoms with E-state index in [2.05, 4.69) is 31.3 Å². The molecule has 0 bridgehead atoms. The molecule has 4 amide bonds. The monoisotopic (exact) mass is 284 g/mol. The predicted octanol–water partition coefficient (Wildman–Crippen LogP) is 0.819. The molecule has 0 saturated heterocycles.